The largest absolute Gasteiger partial charge is 0.383 e. The number of anilines is 1. The lowest BCUT2D eigenvalue weighted by Crippen LogP contribution is -2.28. The van der Waals surface area contributed by atoms with E-state index in [9.17, 15) is 28.8 Å². The molecule has 0 unspecified atom stereocenters. The van der Waals surface area contributed by atoms with Gasteiger partial charge in [-0.15, -0.1) is 0 Å². The van der Waals surface area contributed by atoms with Gasteiger partial charge in [0.15, 0.2) is 23.2 Å². The zero-order valence-electron chi connectivity index (χ0n) is 27.7. The molecular formula is C34H41N7O6. The molecule has 0 bridgehead atoms. The van der Waals surface area contributed by atoms with Crippen molar-refractivity contribution in [2.24, 2.45) is 28.2 Å². The summed E-state index contributed by atoms with van der Waals surface area (Å²) in [5, 5.41) is 5.85. The Bertz CT molecular complexity index is 1850. The van der Waals surface area contributed by atoms with E-state index in [1.165, 1.54) is 13.8 Å². The van der Waals surface area contributed by atoms with Gasteiger partial charge in [-0.05, 0) is 36.2 Å². The Labute approximate surface area is 273 Å². The molecule has 13 nitrogen and oxygen atoms in total. The standard InChI is InChI=1S/C34H41N7O6/c1-21(42)7-9-35-25-15-30(40(5)19-25)32(46)16-26-20-41(6)33(37-26)34(47)36-10-8-27(44)11-23-13-29(39(4)17-23)31(45)14-24-12-28(22(2)43)38(3)18-24/h12-13,15,17-20,35H,7-11,14,16H2,1-6H3,(H,36,47). The summed E-state index contributed by atoms with van der Waals surface area (Å²) in [6.07, 6.45) is 7.64. The number of ketones is 5. The summed E-state index contributed by atoms with van der Waals surface area (Å²) >= 11 is 0. The van der Waals surface area contributed by atoms with Crippen LogP contribution in [0.15, 0.2) is 43.0 Å². The van der Waals surface area contributed by atoms with Crippen molar-refractivity contribution in [3.8, 4) is 0 Å². The first-order valence-electron chi connectivity index (χ1n) is 15.3. The lowest BCUT2D eigenvalue weighted by Gasteiger charge is -2.04. The number of rotatable bonds is 17. The summed E-state index contributed by atoms with van der Waals surface area (Å²) in [6.45, 7) is 3.59. The Balaban J connectivity index is 1.26. The molecule has 13 heteroatoms. The Hall–Kier alpha value is -5.33. The van der Waals surface area contributed by atoms with Gasteiger partial charge in [0.25, 0.3) is 5.91 Å². The molecule has 4 aromatic rings. The lowest BCUT2D eigenvalue weighted by molar-refractivity contribution is -0.118. The Kier molecular flexibility index (Phi) is 10.9. The minimum absolute atomic E-state index is 0.00326. The zero-order valence-corrected chi connectivity index (χ0v) is 27.7. The van der Waals surface area contributed by atoms with Crippen molar-refractivity contribution in [2.45, 2.75) is 46.0 Å². The molecule has 0 spiro atoms. The fourth-order valence-electron chi connectivity index (χ4n) is 5.47. The molecule has 0 aliphatic carbocycles. The fourth-order valence-corrected chi connectivity index (χ4v) is 5.47. The molecule has 0 aliphatic heterocycles. The van der Waals surface area contributed by atoms with Crippen LogP contribution < -0.4 is 10.6 Å². The van der Waals surface area contributed by atoms with Gasteiger partial charge < -0.3 is 28.9 Å². The number of hydrogen-bond acceptors (Lipinski definition) is 8. The molecule has 4 aromatic heterocycles. The first-order chi connectivity index (χ1) is 22.2. The van der Waals surface area contributed by atoms with Crippen LogP contribution in [-0.2, 0) is 57.0 Å². The second kappa shape index (κ2) is 14.8. The maximum absolute atomic E-state index is 13.0. The van der Waals surface area contributed by atoms with E-state index in [1.807, 2.05) is 0 Å². The number of amides is 1. The average molecular weight is 644 g/mol. The monoisotopic (exact) mass is 643 g/mol. The quantitative estimate of drug-likeness (QED) is 0.166. The van der Waals surface area contributed by atoms with E-state index in [2.05, 4.69) is 15.6 Å². The van der Waals surface area contributed by atoms with Gasteiger partial charge in [0.05, 0.1) is 34.9 Å². The Morgan fingerprint density at radius 2 is 1.26 bits per heavy atom. The molecule has 0 aromatic carbocycles. The number of carbonyl (C=O) groups excluding carboxylic acids is 6. The zero-order chi connectivity index (χ0) is 34.4. The van der Waals surface area contributed by atoms with E-state index in [1.54, 1.807) is 89.4 Å². The summed E-state index contributed by atoms with van der Waals surface area (Å²) in [7, 11) is 6.93. The molecule has 0 radical (unpaired) electrons. The maximum atomic E-state index is 13.0. The second-order valence-corrected chi connectivity index (χ2v) is 11.9. The summed E-state index contributed by atoms with van der Waals surface area (Å²) < 4.78 is 6.64. The lowest BCUT2D eigenvalue weighted by atomic mass is 10.1. The molecule has 2 N–H and O–H groups in total. The topological polar surface area (TPSA) is 159 Å². The molecule has 0 fully saturated rings. The Morgan fingerprint density at radius 3 is 1.91 bits per heavy atom. The van der Waals surface area contributed by atoms with Crippen LogP contribution in [0.3, 0.4) is 0 Å². The van der Waals surface area contributed by atoms with Crippen molar-refractivity contribution in [2.75, 3.05) is 18.4 Å². The molecule has 0 saturated carbocycles. The van der Waals surface area contributed by atoms with Gasteiger partial charge in [-0.2, -0.15) is 0 Å². The van der Waals surface area contributed by atoms with Crippen LogP contribution in [0.4, 0.5) is 5.69 Å². The molecular weight excluding hydrogens is 602 g/mol. The van der Waals surface area contributed by atoms with Crippen molar-refractivity contribution < 1.29 is 28.8 Å². The highest BCUT2D eigenvalue weighted by Gasteiger charge is 2.20. The van der Waals surface area contributed by atoms with Crippen LogP contribution in [0, 0.1) is 0 Å². The second-order valence-electron chi connectivity index (χ2n) is 11.9. The molecule has 4 rings (SSSR count). The summed E-state index contributed by atoms with van der Waals surface area (Å²) in [4.78, 5) is 78.7. The molecule has 4 heterocycles. The maximum Gasteiger partial charge on any atom is 0.287 e. The van der Waals surface area contributed by atoms with Crippen LogP contribution in [0.2, 0.25) is 0 Å². The average Bonchev–Trinajstić information content (AvgIpc) is 3.74. The molecule has 0 saturated heterocycles. The van der Waals surface area contributed by atoms with E-state index >= 15 is 0 Å². The number of carbonyl (C=O) groups is 6. The number of imidazole rings is 1. The van der Waals surface area contributed by atoms with E-state index in [4.69, 9.17) is 0 Å². The van der Waals surface area contributed by atoms with Gasteiger partial charge in [0, 0.05) is 98.7 Å². The predicted molar refractivity (Wildman–Crippen MR) is 175 cm³/mol. The molecule has 47 heavy (non-hydrogen) atoms. The minimum Gasteiger partial charge on any atom is -0.383 e. The number of aryl methyl sites for hydroxylation is 4. The van der Waals surface area contributed by atoms with Crippen molar-refractivity contribution in [3.63, 3.8) is 0 Å². The number of aromatic nitrogens is 5. The third-order valence-electron chi connectivity index (χ3n) is 7.79. The highest BCUT2D eigenvalue weighted by atomic mass is 16.2. The predicted octanol–water partition coefficient (Wildman–Crippen LogP) is 2.81. The van der Waals surface area contributed by atoms with Crippen LogP contribution >= 0.6 is 0 Å². The van der Waals surface area contributed by atoms with Crippen LogP contribution in [0.1, 0.15) is 85.6 Å². The van der Waals surface area contributed by atoms with E-state index in [0.717, 1.165) is 11.3 Å². The van der Waals surface area contributed by atoms with E-state index in [-0.39, 0.29) is 67.0 Å². The molecule has 1 amide bonds. The first kappa shape index (κ1) is 34.5. The van der Waals surface area contributed by atoms with Crippen molar-refractivity contribution in [1.82, 2.24) is 28.6 Å². The van der Waals surface area contributed by atoms with Gasteiger partial charge >= 0.3 is 0 Å². The van der Waals surface area contributed by atoms with E-state index in [0.29, 0.717) is 41.3 Å². The van der Waals surface area contributed by atoms with Crippen molar-refractivity contribution in [1.29, 1.82) is 0 Å². The van der Waals surface area contributed by atoms with Gasteiger partial charge in [0.1, 0.15) is 11.6 Å². The SMILES string of the molecule is CC(=O)CCNc1cc(C(=O)Cc2cn(C)c(C(=O)NCCC(=O)Cc3cc(C(=O)Cc4cc(C(C)=O)n(C)c4)n(C)c3)n2)n(C)c1. The number of Topliss-reactive ketones (excluding diaryl/α,β-unsaturated/α-hetero) is 5. The van der Waals surface area contributed by atoms with Gasteiger partial charge in [-0.25, -0.2) is 4.98 Å². The van der Waals surface area contributed by atoms with E-state index < -0.39 is 5.91 Å². The molecule has 0 atom stereocenters. The van der Waals surface area contributed by atoms with Crippen LogP contribution in [0.5, 0.6) is 0 Å². The molecule has 248 valence electrons. The van der Waals surface area contributed by atoms with Gasteiger partial charge in [-0.3, -0.25) is 28.8 Å². The summed E-state index contributed by atoms with van der Waals surface area (Å²) in [5.74, 6) is -0.733. The third-order valence-corrected chi connectivity index (χ3v) is 7.79. The highest BCUT2D eigenvalue weighted by molar-refractivity contribution is 5.98. The Morgan fingerprint density at radius 1 is 0.660 bits per heavy atom. The summed E-state index contributed by atoms with van der Waals surface area (Å²) in [6, 6.07) is 5.14. The smallest absolute Gasteiger partial charge is 0.287 e. The first-order valence-corrected chi connectivity index (χ1v) is 15.3. The van der Waals surface area contributed by atoms with Gasteiger partial charge in [-0.1, -0.05) is 0 Å². The fraction of sp³-hybridized carbons (Fsp3) is 0.382. The highest BCUT2D eigenvalue weighted by Crippen LogP contribution is 2.17. The van der Waals surface area contributed by atoms with Crippen LogP contribution in [-0.4, -0.2) is 71.2 Å². The third kappa shape index (κ3) is 8.90. The minimum atomic E-state index is -0.462. The number of nitrogens with zero attached hydrogens (tertiary/aromatic N) is 5. The van der Waals surface area contributed by atoms with Crippen LogP contribution in [0.25, 0.3) is 0 Å². The number of hydrogen-bond donors (Lipinski definition) is 2. The van der Waals surface area contributed by atoms with Crippen molar-refractivity contribution >= 4 is 40.5 Å². The van der Waals surface area contributed by atoms with Gasteiger partial charge in [0.2, 0.25) is 0 Å². The normalized spacial score (nSPS) is 11.0. The summed E-state index contributed by atoms with van der Waals surface area (Å²) in [5.41, 5.74) is 4.08. The van der Waals surface area contributed by atoms with Crippen molar-refractivity contribution in [3.05, 3.63) is 82.7 Å². The molecule has 0 aliphatic rings. The number of nitrogens with one attached hydrogen (secondary N) is 2.